The number of ether oxygens (including phenoxy) is 1. The Morgan fingerprint density at radius 3 is 2.27 bits per heavy atom. The molecule has 2 aromatic rings. The molecule has 1 amide bonds. The number of benzene rings is 2. The van der Waals surface area contributed by atoms with Crippen molar-refractivity contribution in [1.82, 2.24) is 5.32 Å². The van der Waals surface area contributed by atoms with E-state index in [1.807, 2.05) is 24.3 Å². The fraction of sp³-hybridized carbons (Fsp3) is 0.368. The van der Waals surface area contributed by atoms with Gasteiger partial charge in [0.25, 0.3) is 0 Å². The van der Waals surface area contributed by atoms with Gasteiger partial charge in [0.1, 0.15) is 11.6 Å². The van der Waals surface area contributed by atoms with Crippen LogP contribution in [0.2, 0.25) is 0 Å². The molecule has 26 heavy (non-hydrogen) atoms. The molecule has 0 saturated heterocycles. The van der Waals surface area contributed by atoms with Crippen LogP contribution in [0, 0.1) is 0 Å². The number of amides is 1. The van der Waals surface area contributed by atoms with Gasteiger partial charge in [-0.15, -0.1) is 0 Å². The molecule has 0 aliphatic carbocycles. The van der Waals surface area contributed by atoms with Gasteiger partial charge in [0, 0.05) is 6.42 Å². The lowest BCUT2D eigenvalue weighted by atomic mass is 9.98. The van der Waals surface area contributed by atoms with Gasteiger partial charge in [0.2, 0.25) is 0 Å². The Kier molecular flexibility index (Phi) is 5.59. The molecule has 0 spiro atoms. The van der Waals surface area contributed by atoms with E-state index in [1.165, 1.54) is 0 Å². The molecule has 0 bridgehead atoms. The maximum absolute atomic E-state index is 12.6. The van der Waals surface area contributed by atoms with Gasteiger partial charge in [-0.2, -0.15) is 13.2 Å². The number of rotatable bonds is 4. The van der Waals surface area contributed by atoms with Gasteiger partial charge in [-0.1, -0.05) is 42.5 Å². The number of carbonyl (C=O) groups excluding carboxylic acids is 2. The Bertz CT molecular complexity index is 804. The summed E-state index contributed by atoms with van der Waals surface area (Å²) in [6.07, 6.45) is -5.20. The third-order valence-corrected chi connectivity index (χ3v) is 3.56. The number of halogens is 3. The molecule has 0 saturated carbocycles. The summed E-state index contributed by atoms with van der Waals surface area (Å²) in [5.74, 6) is -3.09. The van der Waals surface area contributed by atoms with Gasteiger partial charge in [-0.05, 0) is 37.1 Å². The molecule has 4 nitrogen and oxygen atoms in total. The molecule has 140 valence electrons. The molecule has 1 N–H and O–H groups in total. The van der Waals surface area contributed by atoms with Crippen LogP contribution in [0.15, 0.2) is 42.5 Å². The minimum atomic E-state index is -5.08. The Balaban J connectivity index is 2.33. The largest absolute Gasteiger partial charge is 0.471 e. The highest BCUT2D eigenvalue weighted by atomic mass is 19.4. The summed E-state index contributed by atoms with van der Waals surface area (Å²) in [5, 5.41) is 3.43. The summed E-state index contributed by atoms with van der Waals surface area (Å²) < 4.78 is 43.1. The highest BCUT2D eigenvalue weighted by Gasteiger charge is 2.41. The number of nitrogens with one attached hydrogen (secondary N) is 1. The molecule has 0 aromatic heterocycles. The monoisotopic (exact) mass is 367 g/mol. The van der Waals surface area contributed by atoms with Crippen LogP contribution >= 0.6 is 0 Å². The van der Waals surface area contributed by atoms with Gasteiger partial charge in [0.05, 0.1) is 0 Å². The zero-order valence-corrected chi connectivity index (χ0v) is 14.7. The van der Waals surface area contributed by atoms with Crippen molar-refractivity contribution < 1.29 is 27.5 Å². The van der Waals surface area contributed by atoms with E-state index in [1.54, 1.807) is 44.3 Å². The Morgan fingerprint density at radius 2 is 1.65 bits per heavy atom. The molecule has 7 heteroatoms. The van der Waals surface area contributed by atoms with E-state index in [0.717, 1.165) is 10.8 Å². The Hall–Kier alpha value is -2.57. The van der Waals surface area contributed by atoms with Crippen LogP contribution < -0.4 is 5.32 Å². The third-order valence-electron chi connectivity index (χ3n) is 3.56. The lowest BCUT2D eigenvalue weighted by Gasteiger charge is -2.25. The number of hydrogen-bond acceptors (Lipinski definition) is 3. The van der Waals surface area contributed by atoms with Gasteiger partial charge >= 0.3 is 18.1 Å². The molecule has 2 rings (SSSR count). The first kappa shape index (κ1) is 19.8. The SMILES string of the molecule is CC(C)(C)OC(=O)[C@@H](Cc1cccc2ccccc12)NC(=O)C(F)(F)F. The highest BCUT2D eigenvalue weighted by molar-refractivity contribution is 5.89. The maximum Gasteiger partial charge on any atom is 0.471 e. The maximum atomic E-state index is 12.6. The van der Waals surface area contributed by atoms with E-state index < -0.39 is 29.7 Å². The predicted molar refractivity (Wildman–Crippen MR) is 91.5 cm³/mol. The second-order valence-corrected chi connectivity index (χ2v) is 6.90. The van der Waals surface area contributed by atoms with Crippen molar-refractivity contribution in [3.05, 3.63) is 48.0 Å². The van der Waals surface area contributed by atoms with Crippen molar-refractivity contribution >= 4 is 22.6 Å². The third kappa shape index (κ3) is 5.21. The number of alkyl halides is 3. The second-order valence-electron chi connectivity index (χ2n) is 6.90. The van der Waals surface area contributed by atoms with Gasteiger partial charge in [-0.25, -0.2) is 4.79 Å². The average Bonchev–Trinajstić information content (AvgIpc) is 2.52. The van der Waals surface area contributed by atoms with Gasteiger partial charge < -0.3 is 10.1 Å². The first-order valence-electron chi connectivity index (χ1n) is 8.04. The summed E-state index contributed by atoms with van der Waals surface area (Å²) in [5.41, 5.74) is -0.252. The number of carbonyl (C=O) groups is 2. The molecule has 0 fully saturated rings. The van der Waals surface area contributed by atoms with Crippen LogP contribution in [-0.2, 0) is 20.7 Å². The van der Waals surface area contributed by atoms with E-state index in [9.17, 15) is 22.8 Å². The topological polar surface area (TPSA) is 55.4 Å². The fourth-order valence-corrected chi connectivity index (χ4v) is 2.50. The predicted octanol–water partition coefficient (Wildman–Crippen LogP) is 3.77. The standard InChI is InChI=1S/C19H20F3NO3/c1-18(2,3)26-16(24)15(23-17(25)19(20,21)22)11-13-9-6-8-12-7-4-5-10-14(12)13/h4-10,15H,11H2,1-3H3,(H,23,25)/t15-/m1/s1. The van der Waals surface area contributed by atoms with Crippen molar-refractivity contribution in [2.75, 3.05) is 0 Å². The molecule has 1 atom stereocenters. The summed E-state index contributed by atoms with van der Waals surface area (Å²) in [6.45, 7) is 4.81. The van der Waals surface area contributed by atoms with E-state index in [2.05, 4.69) is 0 Å². The Labute approximate surface area is 149 Å². The Morgan fingerprint density at radius 1 is 1.04 bits per heavy atom. The summed E-state index contributed by atoms with van der Waals surface area (Å²) in [7, 11) is 0. The highest BCUT2D eigenvalue weighted by Crippen LogP contribution is 2.22. The summed E-state index contributed by atoms with van der Waals surface area (Å²) in [6, 6.07) is 11.2. The first-order chi connectivity index (χ1) is 12.0. The molecule has 2 aromatic carbocycles. The molecule has 0 aliphatic heterocycles. The molecular weight excluding hydrogens is 347 g/mol. The smallest absolute Gasteiger partial charge is 0.458 e. The summed E-state index contributed by atoms with van der Waals surface area (Å²) in [4.78, 5) is 23.7. The van der Waals surface area contributed by atoms with Crippen LogP contribution in [-0.4, -0.2) is 29.7 Å². The molecule has 0 unspecified atom stereocenters. The minimum Gasteiger partial charge on any atom is -0.458 e. The molecular formula is C19H20F3NO3. The number of hydrogen-bond donors (Lipinski definition) is 1. The lowest BCUT2D eigenvalue weighted by Crippen LogP contribution is -2.49. The molecule has 0 radical (unpaired) electrons. The van der Waals surface area contributed by atoms with E-state index in [4.69, 9.17) is 4.74 Å². The normalized spacial score (nSPS) is 13.3. The van der Waals surface area contributed by atoms with Crippen LogP contribution in [0.1, 0.15) is 26.3 Å². The van der Waals surface area contributed by atoms with Gasteiger partial charge in [0.15, 0.2) is 0 Å². The lowest BCUT2D eigenvalue weighted by molar-refractivity contribution is -0.177. The van der Waals surface area contributed by atoms with E-state index in [-0.39, 0.29) is 6.42 Å². The molecule has 0 heterocycles. The first-order valence-corrected chi connectivity index (χ1v) is 8.04. The molecule has 0 aliphatic rings. The fourth-order valence-electron chi connectivity index (χ4n) is 2.50. The van der Waals surface area contributed by atoms with Crippen molar-refractivity contribution in [2.45, 2.75) is 45.0 Å². The summed E-state index contributed by atoms with van der Waals surface area (Å²) >= 11 is 0. The number of fused-ring (bicyclic) bond motifs is 1. The van der Waals surface area contributed by atoms with Gasteiger partial charge in [-0.3, -0.25) is 4.79 Å². The van der Waals surface area contributed by atoms with Crippen LogP contribution in [0.25, 0.3) is 10.8 Å². The van der Waals surface area contributed by atoms with Crippen LogP contribution in [0.5, 0.6) is 0 Å². The van der Waals surface area contributed by atoms with Crippen molar-refractivity contribution in [2.24, 2.45) is 0 Å². The van der Waals surface area contributed by atoms with Crippen molar-refractivity contribution in [3.8, 4) is 0 Å². The zero-order chi connectivity index (χ0) is 19.5. The van der Waals surface area contributed by atoms with Crippen LogP contribution in [0.4, 0.5) is 13.2 Å². The quantitative estimate of drug-likeness (QED) is 0.837. The minimum absolute atomic E-state index is 0.113. The van der Waals surface area contributed by atoms with Crippen molar-refractivity contribution in [3.63, 3.8) is 0 Å². The average molecular weight is 367 g/mol. The van der Waals surface area contributed by atoms with Crippen LogP contribution in [0.3, 0.4) is 0 Å². The number of esters is 1. The second kappa shape index (κ2) is 7.35. The van der Waals surface area contributed by atoms with Crippen molar-refractivity contribution in [1.29, 1.82) is 0 Å². The zero-order valence-electron chi connectivity index (χ0n) is 14.7. The van der Waals surface area contributed by atoms with E-state index >= 15 is 0 Å². The van der Waals surface area contributed by atoms with E-state index in [0.29, 0.717) is 5.56 Å².